The molecule has 0 amide bonds. The molecule has 0 aliphatic heterocycles. The van der Waals surface area contributed by atoms with Crippen molar-refractivity contribution >= 4 is 0 Å². The van der Waals surface area contributed by atoms with Crippen molar-refractivity contribution in [2.75, 3.05) is 0 Å². The highest BCUT2D eigenvalue weighted by Crippen LogP contribution is 2.55. The summed E-state index contributed by atoms with van der Waals surface area (Å²) in [6.07, 6.45) is 5.34. The number of nitrogens with one attached hydrogen (secondary N) is 1. The first kappa shape index (κ1) is 12.2. The van der Waals surface area contributed by atoms with Gasteiger partial charge in [0, 0.05) is 6.04 Å². The van der Waals surface area contributed by atoms with E-state index in [1.54, 1.807) is 0 Å². The Kier molecular flexibility index (Phi) is 3.16. The van der Waals surface area contributed by atoms with Crippen molar-refractivity contribution in [3.63, 3.8) is 0 Å². The molecule has 2 heteroatoms. The maximum Gasteiger partial charge on any atom is 0.0279 e. The quantitative estimate of drug-likeness (QED) is 0.631. The molecular weight excluding hydrogens is 220 g/mol. The molecule has 1 aromatic rings. The predicted molar refractivity (Wildman–Crippen MR) is 75.1 cm³/mol. The average Bonchev–Trinajstić information content (AvgIpc) is 2.97. The molecule has 0 radical (unpaired) electrons. The van der Waals surface area contributed by atoms with Gasteiger partial charge in [-0.15, -0.1) is 0 Å². The Hall–Kier alpha value is -0.860. The van der Waals surface area contributed by atoms with Crippen LogP contribution in [0.25, 0.3) is 0 Å². The predicted octanol–water partition coefficient (Wildman–Crippen LogP) is 2.72. The largest absolute Gasteiger partial charge is 0.271 e. The summed E-state index contributed by atoms with van der Waals surface area (Å²) in [4.78, 5) is 0. The second-order valence-corrected chi connectivity index (χ2v) is 6.38. The number of benzene rings is 1. The van der Waals surface area contributed by atoms with Crippen LogP contribution in [0.1, 0.15) is 36.0 Å². The van der Waals surface area contributed by atoms with Crippen LogP contribution < -0.4 is 11.3 Å². The van der Waals surface area contributed by atoms with Crippen molar-refractivity contribution in [1.82, 2.24) is 5.43 Å². The van der Waals surface area contributed by atoms with Crippen LogP contribution >= 0.6 is 0 Å². The van der Waals surface area contributed by atoms with E-state index in [0.29, 0.717) is 6.04 Å². The fraction of sp³-hybridized carbons (Fsp3) is 0.625. The topological polar surface area (TPSA) is 38.0 Å². The molecule has 0 aromatic heterocycles. The van der Waals surface area contributed by atoms with Crippen LogP contribution in [-0.2, 0) is 6.42 Å². The Bertz CT molecular complexity index is 431. The zero-order valence-electron chi connectivity index (χ0n) is 11.4. The number of nitrogens with two attached hydrogens (primary N) is 1. The molecule has 2 fully saturated rings. The molecule has 2 saturated carbocycles. The standard InChI is InChI=1S/C16H24N2/c1-10-3-4-12(5-11(10)2)6-16(18-17)15-8-13-7-14(13)9-15/h3-5,13-16,18H,6-9,17H2,1-2H3. The molecule has 98 valence electrons. The summed E-state index contributed by atoms with van der Waals surface area (Å²) in [5.74, 6) is 8.64. The Labute approximate surface area is 110 Å². The van der Waals surface area contributed by atoms with E-state index in [2.05, 4.69) is 37.5 Å². The molecule has 1 aromatic carbocycles. The fourth-order valence-corrected chi connectivity index (χ4v) is 3.64. The van der Waals surface area contributed by atoms with E-state index in [9.17, 15) is 0 Å². The summed E-state index contributed by atoms with van der Waals surface area (Å²) in [7, 11) is 0. The fourth-order valence-electron chi connectivity index (χ4n) is 3.64. The summed E-state index contributed by atoms with van der Waals surface area (Å²) in [6, 6.07) is 7.25. The highest BCUT2D eigenvalue weighted by Gasteiger charge is 2.47. The van der Waals surface area contributed by atoms with Gasteiger partial charge in [-0.1, -0.05) is 18.2 Å². The van der Waals surface area contributed by atoms with Gasteiger partial charge in [-0.05, 0) is 74.0 Å². The van der Waals surface area contributed by atoms with Crippen LogP contribution in [0.2, 0.25) is 0 Å². The van der Waals surface area contributed by atoms with Crippen molar-refractivity contribution in [1.29, 1.82) is 0 Å². The van der Waals surface area contributed by atoms with E-state index in [-0.39, 0.29) is 0 Å². The number of aryl methyl sites for hydroxylation is 2. The summed E-state index contributed by atoms with van der Waals surface area (Å²) < 4.78 is 0. The smallest absolute Gasteiger partial charge is 0.0279 e. The zero-order valence-corrected chi connectivity index (χ0v) is 11.4. The van der Waals surface area contributed by atoms with Crippen molar-refractivity contribution < 1.29 is 0 Å². The van der Waals surface area contributed by atoms with E-state index in [0.717, 1.165) is 24.2 Å². The second-order valence-electron chi connectivity index (χ2n) is 6.38. The van der Waals surface area contributed by atoms with Crippen molar-refractivity contribution in [2.24, 2.45) is 23.6 Å². The molecule has 2 nitrogen and oxygen atoms in total. The molecule has 0 bridgehead atoms. The third-order valence-electron chi connectivity index (χ3n) is 5.09. The molecule has 2 aliphatic rings. The Balaban J connectivity index is 1.67. The lowest BCUT2D eigenvalue weighted by Crippen LogP contribution is -2.42. The van der Waals surface area contributed by atoms with E-state index < -0.39 is 0 Å². The normalized spacial score (nSPS) is 31.2. The third kappa shape index (κ3) is 2.32. The van der Waals surface area contributed by atoms with Gasteiger partial charge in [0.15, 0.2) is 0 Å². The van der Waals surface area contributed by atoms with Gasteiger partial charge in [0.25, 0.3) is 0 Å². The van der Waals surface area contributed by atoms with Gasteiger partial charge in [-0.2, -0.15) is 0 Å². The number of rotatable bonds is 4. The van der Waals surface area contributed by atoms with Crippen LogP contribution in [-0.4, -0.2) is 6.04 Å². The van der Waals surface area contributed by atoms with Gasteiger partial charge >= 0.3 is 0 Å². The van der Waals surface area contributed by atoms with E-state index in [1.807, 2.05) is 0 Å². The van der Waals surface area contributed by atoms with Crippen LogP contribution in [0.3, 0.4) is 0 Å². The Morgan fingerprint density at radius 1 is 1.17 bits per heavy atom. The van der Waals surface area contributed by atoms with E-state index in [4.69, 9.17) is 5.84 Å². The lowest BCUT2D eigenvalue weighted by atomic mass is 9.89. The van der Waals surface area contributed by atoms with Gasteiger partial charge < -0.3 is 0 Å². The highest BCUT2D eigenvalue weighted by atomic mass is 15.2. The molecule has 0 spiro atoms. The van der Waals surface area contributed by atoms with Gasteiger partial charge in [0.2, 0.25) is 0 Å². The maximum absolute atomic E-state index is 5.78. The second kappa shape index (κ2) is 4.67. The van der Waals surface area contributed by atoms with E-state index in [1.165, 1.54) is 36.0 Å². The minimum absolute atomic E-state index is 0.458. The Morgan fingerprint density at radius 3 is 2.50 bits per heavy atom. The summed E-state index contributed by atoms with van der Waals surface area (Å²) in [5, 5.41) is 0. The number of hydrogen-bond donors (Lipinski definition) is 2. The Morgan fingerprint density at radius 2 is 1.89 bits per heavy atom. The SMILES string of the molecule is Cc1ccc(CC(NN)C2CC3CC3C2)cc1C. The van der Waals surface area contributed by atoms with Crippen LogP contribution in [0, 0.1) is 31.6 Å². The molecule has 0 saturated heterocycles. The molecule has 3 N–H and O–H groups in total. The first-order chi connectivity index (χ1) is 8.67. The van der Waals surface area contributed by atoms with Gasteiger partial charge in [-0.25, -0.2) is 0 Å². The molecule has 3 rings (SSSR count). The zero-order chi connectivity index (χ0) is 12.7. The van der Waals surface area contributed by atoms with Crippen molar-refractivity contribution in [3.8, 4) is 0 Å². The van der Waals surface area contributed by atoms with Gasteiger partial charge in [0.05, 0.1) is 0 Å². The van der Waals surface area contributed by atoms with E-state index >= 15 is 0 Å². The van der Waals surface area contributed by atoms with Crippen LogP contribution in [0.5, 0.6) is 0 Å². The number of hydrogen-bond acceptors (Lipinski definition) is 2. The average molecular weight is 244 g/mol. The lowest BCUT2D eigenvalue weighted by molar-refractivity contribution is 0.336. The first-order valence-electron chi connectivity index (χ1n) is 7.19. The van der Waals surface area contributed by atoms with Crippen LogP contribution in [0.15, 0.2) is 18.2 Å². The first-order valence-corrected chi connectivity index (χ1v) is 7.19. The molecule has 3 unspecified atom stereocenters. The summed E-state index contributed by atoms with van der Waals surface area (Å²) in [5.41, 5.74) is 7.25. The molecular formula is C16H24N2. The highest BCUT2D eigenvalue weighted by molar-refractivity contribution is 5.30. The molecule has 2 aliphatic carbocycles. The van der Waals surface area contributed by atoms with Gasteiger partial charge in [-0.3, -0.25) is 11.3 Å². The lowest BCUT2D eigenvalue weighted by Gasteiger charge is -2.24. The van der Waals surface area contributed by atoms with Crippen molar-refractivity contribution in [2.45, 2.75) is 45.6 Å². The number of hydrazine groups is 1. The van der Waals surface area contributed by atoms with Crippen molar-refractivity contribution in [3.05, 3.63) is 34.9 Å². The maximum atomic E-state index is 5.78. The monoisotopic (exact) mass is 244 g/mol. The summed E-state index contributed by atoms with van der Waals surface area (Å²) >= 11 is 0. The molecule has 0 heterocycles. The van der Waals surface area contributed by atoms with Gasteiger partial charge in [0.1, 0.15) is 0 Å². The minimum atomic E-state index is 0.458. The van der Waals surface area contributed by atoms with Crippen LogP contribution in [0.4, 0.5) is 0 Å². The molecule has 3 atom stereocenters. The molecule has 18 heavy (non-hydrogen) atoms. The third-order valence-corrected chi connectivity index (χ3v) is 5.09. The summed E-state index contributed by atoms with van der Waals surface area (Å²) in [6.45, 7) is 4.36. The minimum Gasteiger partial charge on any atom is -0.271 e. The number of fused-ring (bicyclic) bond motifs is 1.